The Morgan fingerprint density at radius 1 is 1.07 bits per heavy atom. The number of hydrogen-bond acceptors (Lipinski definition) is 3. The largest absolute Gasteiger partial charge is 0.489 e. The number of hydrogen-bond donors (Lipinski definition) is 0. The lowest BCUT2D eigenvalue weighted by Gasteiger charge is -2.32. The molecule has 0 spiro atoms. The van der Waals surface area contributed by atoms with E-state index in [-0.39, 0.29) is 17.7 Å². The van der Waals surface area contributed by atoms with E-state index in [1.54, 1.807) is 25.1 Å². The van der Waals surface area contributed by atoms with Crippen LogP contribution in [0.3, 0.4) is 0 Å². The molecule has 2 amide bonds. The van der Waals surface area contributed by atoms with E-state index < -0.39 is 0 Å². The summed E-state index contributed by atoms with van der Waals surface area (Å²) in [6, 6.07) is 15.5. The van der Waals surface area contributed by atoms with Gasteiger partial charge in [0.05, 0.1) is 0 Å². The van der Waals surface area contributed by atoms with Crippen molar-refractivity contribution in [1.82, 2.24) is 9.80 Å². The van der Waals surface area contributed by atoms with Gasteiger partial charge in [-0.05, 0) is 43.5 Å². The van der Waals surface area contributed by atoms with E-state index in [1.807, 2.05) is 35.2 Å². The summed E-state index contributed by atoms with van der Waals surface area (Å²) in [5.41, 5.74) is 2.92. The van der Waals surface area contributed by atoms with Crippen LogP contribution in [0, 0.1) is 12.8 Å². The molecule has 1 aliphatic heterocycles. The highest BCUT2D eigenvalue weighted by molar-refractivity contribution is 5.94. The highest BCUT2D eigenvalue weighted by Gasteiger charge is 2.28. The average molecular weight is 380 g/mol. The average Bonchev–Trinajstić information content (AvgIpc) is 2.71. The summed E-state index contributed by atoms with van der Waals surface area (Å²) >= 11 is 0. The topological polar surface area (TPSA) is 49.9 Å². The summed E-state index contributed by atoms with van der Waals surface area (Å²) in [5.74, 6) is 0.850. The molecule has 1 saturated heterocycles. The number of aryl methyl sites for hydroxylation is 1. The van der Waals surface area contributed by atoms with Crippen molar-refractivity contribution in [3.8, 4) is 5.75 Å². The number of amides is 2. The zero-order valence-corrected chi connectivity index (χ0v) is 16.9. The number of rotatable bonds is 5. The molecule has 2 aromatic rings. The molecule has 0 radical (unpaired) electrons. The van der Waals surface area contributed by atoms with Crippen LogP contribution in [0.4, 0.5) is 0 Å². The summed E-state index contributed by atoms with van der Waals surface area (Å²) in [7, 11) is 3.56. The molecular formula is C23H28N2O3. The molecule has 2 aromatic carbocycles. The smallest absolute Gasteiger partial charge is 0.253 e. The molecule has 0 aliphatic carbocycles. The van der Waals surface area contributed by atoms with Crippen LogP contribution in [-0.2, 0) is 11.4 Å². The fourth-order valence-electron chi connectivity index (χ4n) is 3.56. The minimum absolute atomic E-state index is 0.00300. The Labute approximate surface area is 166 Å². The van der Waals surface area contributed by atoms with Gasteiger partial charge in [0, 0.05) is 38.7 Å². The van der Waals surface area contributed by atoms with Gasteiger partial charge in [-0.3, -0.25) is 9.59 Å². The highest BCUT2D eigenvalue weighted by atomic mass is 16.5. The lowest BCUT2D eigenvalue weighted by Crippen LogP contribution is -2.42. The molecule has 1 aliphatic rings. The van der Waals surface area contributed by atoms with Crippen LogP contribution < -0.4 is 4.74 Å². The molecule has 0 N–H and O–H groups in total. The molecule has 0 bridgehead atoms. The summed E-state index contributed by atoms with van der Waals surface area (Å²) in [4.78, 5) is 28.4. The quantitative estimate of drug-likeness (QED) is 0.798. The fourth-order valence-corrected chi connectivity index (χ4v) is 3.56. The van der Waals surface area contributed by atoms with Crippen LogP contribution in [0.15, 0.2) is 48.5 Å². The van der Waals surface area contributed by atoms with Crippen molar-refractivity contribution in [3.05, 3.63) is 65.2 Å². The van der Waals surface area contributed by atoms with Gasteiger partial charge < -0.3 is 14.5 Å². The molecule has 0 saturated carbocycles. The summed E-state index contributed by atoms with van der Waals surface area (Å²) in [5, 5.41) is 0. The Balaban J connectivity index is 1.59. The monoisotopic (exact) mass is 380 g/mol. The lowest BCUT2D eigenvalue weighted by atomic mass is 9.95. The predicted molar refractivity (Wildman–Crippen MR) is 109 cm³/mol. The van der Waals surface area contributed by atoms with Crippen molar-refractivity contribution in [2.45, 2.75) is 26.4 Å². The first kappa shape index (κ1) is 19.9. The third-order valence-corrected chi connectivity index (χ3v) is 5.14. The van der Waals surface area contributed by atoms with E-state index in [2.05, 4.69) is 19.1 Å². The van der Waals surface area contributed by atoms with Gasteiger partial charge in [-0.25, -0.2) is 0 Å². The predicted octanol–water partition coefficient (Wildman–Crippen LogP) is 3.51. The molecule has 1 fully saturated rings. The third kappa shape index (κ3) is 4.91. The van der Waals surface area contributed by atoms with Crippen LogP contribution in [0.2, 0.25) is 0 Å². The van der Waals surface area contributed by atoms with E-state index >= 15 is 0 Å². The highest BCUT2D eigenvalue weighted by Crippen LogP contribution is 2.22. The van der Waals surface area contributed by atoms with Crippen LogP contribution in [0.25, 0.3) is 0 Å². The number of likely N-dealkylation sites (tertiary alicyclic amines) is 1. The van der Waals surface area contributed by atoms with E-state index in [0.29, 0.717) is 43.9 Å². The maximum atomic E-state index is 12.9. The number of carbonyl (C=O) groups excluding carboxylic acids is 2. The third-order valence-electron chi connectivity index (χ3n) is 5.14. The zero-order valence-electron chi connectivity index (χ0n) is 16.9. The van der Waals surface area contributed by atoms with Gasteiger partial charge in [0.1, 0.15) is 12.4 Å². The van der Waals surface area contributed by atoms with Gasteiger partial charge in [0.2, 0.25) is 5.91 Å². The van der Waals surface area contributed by atoms with Crippen LogP contribution in [0.5, 0.6) is 5.75 Å². The second-order valence-corrected chi connectivity index (χ2v) is 7.60. The van der Waals surface area contributed by atoms with E-state index in [0.717, 1.165) is 5.56 Å². The van der Waals surface area contributed by atoms with E-state index in [1.165, 1.54) is 5.56 Å². The first-order chi connectivity index (χ1) is 13.4. The maximum Gasteiger partial charge on any atom is 0.253 e. The first-order valence-electron chi connectivity index (χ1n) is 9.73. The molecule has 3 rings (SSSR count). The normalized spacial score (nSPS) is 14.6. The van der Waals surface area contributed by atoms with Crippen LogP contribution >= 0.6 is 0 Å². The van der Waals surface area contributed by atoms with Crippen molar-refractivity contribution in [1.29, 1.82) is 0 Å². The fraction of sp³-hybridized carbons (Fsp3) is 0.391. The van der Waals surface area contributed by atoms with Crippen molar-refractivity contribution in [2.24, 2.45) is 5.92 Å². The molecular weight excluding hydrogens is 352 g/mol. The van der Waals surface area contributed by atoms with E-state index in [9.17, 15) is 9.59 Å². The molecule has 5 heteroatoms. The SMILES string of the molecule is Cc1cccc(COc2cccc(C(=O)N3CCC(C(=O)N(C)C)CC3)c2)c1. The second-order valence-electron chi connectivity index (χ2n) is 7.60. The van der Waals surface area contributed by atoms with Gasteiger partial charge in [-0.15, -0.1) is 0 Å². The number of carbonyl (C=O) groups is 2. The molecule has 148 valence electrons. The molecule has 28 heavy (non-hydrogen) atoms. The Morgan fingerprint density at radius 2 is 1.79 bits per heavy atom. The number of benzene rings is 2. The van der Waals surface area contributed by atoms with Gasteiger partial charge in [-0.1, -0.05) is 35.9 Å². The zero-order chi connectivity index (χ0) is 20.1. The van der Waals surface area contributed by atoms with Crippen molar-refractivity contribution in [3.63, 3.8) is 0 Å². The van der Waals surface area contributed by atoms with Crippen molar-refractivity contribution >= 4 is 11.8 Å². The van der Waals surface area contributed by atoms with Crippen molar-refractivity contribution in [2.75, 3.05) is 27.2 Å². The van der Waals surface area contributed by atoms with Crippen LogP contribution in [-0.4, -0.2) is 48.8 Å². The second kappa shape index (κ2) is 8.91. The lowest BCUT2D eigenvalue weighted by molar-refractivity contribution is -0.134. The number of ether oxygens (including phenoxy) is 1. The van der Waals surface area contributed by atoms with Gasteiger partial charge >= 0.3 is 0 Å². The Bertz CT molecular complexity index is 839. The number of piperidine rings is 1. The Kier molecular flexibility index (Phi) is 6.34. The maximum absolute atomic E-state index is 12.9. The van der Waals surface area contributed by atoms with E-state index in [4.69, 9.17) is 4.74 Å². The van der Waals surface area contributed by atoms with Crippen molar-refractivity contribution < 1.29 is 14.3 Å². The summed E-state index contributed by atoms with van der Waals surface area (Å²) in [6.45, 7) is 3.74. The first-order valence-corrected chi connectivity index (χ1v) is 9.73. The van der Waals surface area contributed by atoms with Gasteiger partial charge in [0.15, 0.2) is 0 Å². The molecule has 5 nitrogen and oxygen atoms in total. The minimum Gasteiger partial charge on any atom is -0.489 e. The van der Waals surface area contributed by atoms with Gasteiger partial charge in [-0.2, -0.15) is 0 Å². The minimum atomic E-state index is -0.00300. The van der Waals surface area contributed by atoms with Gasteiger partial charge in [0.25, 0.3) is 5.91 Å². The Morgan fingerprint density at radius 3 is 2.46 bits per heavy atom. The molecule has 1 heterocycles. The standard InChI is InChI=1S/C23H28N2O3/c1-17-6-4-7-18(14-17)16-28-21-9-5-8-20(15-21)23(27)25-12-10-19(11-13-25)22(26)24(2)3/h4-9,14-15,19H,10-13,16H2,1-3H3. The summed E-state index contributed by atoms with van der Waals surface area (Å²) < 4.78 is 5.88. The molecule has 0 atom stereocenters. The number of nitrogens with zero attached hydrogens (tertiary/aromatic N) is 2. The molecule has 0 aromatic heterocycles. The Hall–Kier alpha value is -2.82. The molecule has 0 unspecified atom stereocenters. The van der Waals surface area contributed by atoms with Crippen LogP contribution in [0.1, 0.15) is 34.3 Å². The summed E-state index contributed by atoms with van der Waals surface area (Å²) in [6.07, 6.45) is 1.43.